The maximum atomic E-state index is 12.4. The topological polar surface area (TPSA) is 89.7 Å². The quantitative estimate of drug-likeness (QED) is 0.849. The van der Waals surface area contributed by atoms with Gasteiger partial charge in [-0.1, -0.05) is 18.2 Å². The Kier molecular flexibility index (Phi) is 4.74. The second-order valence-corrected chi connectivity index (χ2v) is 6.63. The molecule has 0 bridgehead atoms. The van der Waals surface area contributed by atoms with Gasteiger partial charge in [0.25, 0.3) is 0 Å². The summed E-state index contributed by atoms with van der Waals surface area (Å²) in [5, 5.41) is 0. The van der Waals surface area contributed by atoms with Gasteiger partial charge in [-0.2, -0.15) is 4.31 Å². The van der Waals surface area contributed by atoms with Gasteiger partial charge in [0.15, 0.2) is 0 Å². The number of hydrogen-bond donors (Lipinski definition) is 1. The second kappa shape index (κ2) is 6.34. The van der Waals surface area contributed by atoms with Crippen molar-refractivity contribution in [2.45, 2.75) is 23.8 Å². The molecular formula is C13H18N2O4S. The molecule has 0 aromatic heterocycles. The molecule has 110 valence electrons. The first-order valence-electron chi connectivity index (χ1n) is 6.45. The summed E-state index contributed by atoms with van der Waals surface area (Å²) in [6, 6.07) is 8.37. The van der Waals surface area contributed by atoms with Crippen LogP contribution < -0.4 is 5.73 Å². The highest BCUT2D eigenvalue weighted by atomic mass is 32.2. The lowest BCUT2D eigenvalue weighted by molar-refractivity contribution is -0.125. The molecule has 0 atom stereocenters. The van der Waals surface area contributed by atoms with Crippen molar-refractivity contribution in [3.05, 3.63) is 30.3 Å². The second-order valence-electron chi connectivity index (χ2n) is 4.69. The molecule has 0 radical (unpaired) electrons. The van der Waals surface area contributed by atoms with Gasteiger partial charge in [0.2, 0.25) is 15.9 Å². The van der Waals surface area contributed by atoms with Crippen LogP contribution in [0, 0.1) is 0 Å². The highest BCUT2D eigenvalue weighted by molar-refractivity contribution is 7.89. The van der Waals surface area contributed by atoms with Crippen molar-refractivity contribution in [3.8, 4) is 0 Å². The largest absolute Gasteiger partial charge is 0.368 e. The number of amides is 1. The van der Waals surface area contributed by atoms with E-state index in [-0.39, 0.29) is 12.7 Å². The number of nitrogens with zero attached hydrogens (tertiary/aromatic N) is 1. The van der Waals surface area contributed by atoms with Crippen LogP contribution >= 0.6 is 0 Å². The predicted octanol–water partition coefficient (Wildman–Crippen LogP) is 0.342. The van der Waals surface area contributed by atoms with Crippen molar-refractivity contribution in [1.29, 1.82) is 0 Å². The summed E-state index contributed by atoms with van der Waals surface area (Å²) in [6.45, 7) is 0.664. The van der Waals surface area contributed by atoms with Gasteiger partial charge in [0, 0.05) is 13.1 Å². The summed E-state index contributed by atoms with van der Waals surface area (Å²) in [7, 11) is -3.43. The third kappa shape index (κ3) is 3.56. The van der Waals surface area contributed by atoms with Gasteiger partial charge < -0.3 is 10.5 Å². The zero-order valence-corrected chi connectivity index (χ0v) is 11.9. The Morgan fingerprint density at radius 2 is 1.85 bits per heavy atom. The minimum Gasteiger partial charge on any atom is -0.368 e. The maximum Gasteiger partial charge on any atom is 0.243 e. The molecule has 1 aromatic carbocycles. The molecule has 7 heteroatoms. The maximum absolute atomic E-state index is 12.4. The van der Waals surface area contributed by atoms with Crippen LogP contribution in [0.5, 0.6) is 0 Å². The van der Waals surface area contributed by atoms with Crippen molar-refractivity contribution in [1.82, 2.24) is 4.31 Å². The number of nitrogens with two attached hydrogens (primary N) is 1. The average molecular weight is 298 g/mol. The number of sulfonamides is 1. The first kappa shape index (κ1) is 15.0. The van der Waals surface area contributed by atoms with Crippen LogP contribution in [0.15, 0.2) is 35.2 Å². The monoisotopic (exact) mass is 298 g/mol. The van der Waals surface area contributed by atoms with Crippen molar-refractivity contribution in [3.63, 3.8) is 0 Å². The molecule has 20 heavy (non-hydrogen) atoms. The van der Waals surface area contributed by atoms with Crippen LogP contribution in [0.3, 0.4) is 0 Å². The van der Waals surface area contributed by atoms with E-state index in [0.717, 1.165) is 0 Å². The van der Waals surface area contributed by atoms with Gasteiger partial charge in [-0.3, -0.25) is 4.79 Å². The van der Waals surface area contributed by atoms with Gasteiger partial charge in [-0.05, 0) is 25.0 Å². The van der Waals surface area contributed by atoms with Crippen LogP contribution in [0.25, 0.3) is 0 Å². The van der Waals surface area contributed by atoms with Crippen LogP contribution in [0.2, 0.25) is 0 Å². The molecule has 1 fully saturated rings. The molecule has 2 rings (SSSR count). The molecular weight excluding hydrogens is 280 g/mol. The van der Waals surface area contributed by atoms with E-state index < -0.39 is 15.9 Å². The molecule has 1 aliphatic rings. The molecule has 1 aliphatic heterocycles. The first-order chi connectivity index (χ1) is 9.50. The highest BCUT2D eigenvalue weighted by Crippen LogP contribution is 2.21. The third-order valence-corrected chi connectivity index (χ3v) is 5.16. The zero-order chi connectivity index (χ0) is 14.6. The lowest BCUT2D eigenvalue weighted by Crippen LogP contribution is -2.41. The fraction of sp³-hybridized carbons (Fsp3) is 0.462. The van der Waals surface area contributed by atoms with E-state index in [4.69, 9.17) is 10.5 Å². The van der Waals surface area contributed by atoms with E-state index >= 15 is 0 Å². The minimum atomic E-state index is -3.43. The molecule has 0 saturated carbocycles. The molecule has 1 saturated heterocycles. The Morgan fingerprint density at radius 3 is 2.40 bits per heavy atom. The van der Waals surface area contributed by atoms with Gasteiger partial charge >= 0.3 is 0 Å². The van der Waals surface area contributed by atoms with E-state index in [1.807, 2.05) is 0 Å². The van der Waals surface area contributed by atoms with Crippen molar-refractivity contribution in [2.75, 3.05) is 19.7 Å². The standard InChI is InChI=1S/C13H18N2O4S/c14-13(16)10-19-11-6-8-15(9-7-11)20(17,18)12-4-2-1-3-5-12/h1-5,11H,6-10H2,(H2,14,16). The molecule has 1 amide bonds. The lowest BCUT2D eigenvalue weighted by Gasteiger charge is -2.30. The van der Waals surface area contributed by atoms with E-state index in [9.17, 15) is 13.2 Å². The SMILES string of the molecule is NC(=O)COC1CCN(S(=O)(=O)c2ccccc2)CC1. The van der Waals surface area contributed by atoms with Gasteiger partial charge in [0.1, 0.15) is 6.61 Å². The smallest absolute Gasteiger partial charge is 0.243 e. The van der Waals surface area contributed by atoms with Crippen molar-refractivity contribution in [2.24, 2.45) is 5.73 Å². The number of piperidine rings is 1. The highest BCUT2D eigenvalue weighted by Gasteiger charge is 2.29. The van der Waals surface area contributed by atoms with Crippen LogP contribution in [0.1, 0.15) is 12.8 Å². The van der Waals surface area contributed by atoms with Crippen LogP contribution in [0.4, 0.5) is 0 Å². The fourth-order valence-corrected chi connectivity index (χ4v) is 3.67. The third-order valence-electron chi connectivity index (χ3n) is 3.24. The van der Waals surface area contributed by atoms with Gasteiger partial charge in [-0.15, -0.1) is 0 Å². The number of hydrogen-bond acceptors (Lipinski definition) is 4. The predicted molar refractivity (Wildman–Crippen MR) is 73.4 cm³/mol. The summed E-state index contributed by atoms with van der Waals surface area (Å²) in [5.41, 5.74) is 5.01. The number of rotatable bonds is 5. The van der Waals surface area contributed by atoms with E-state index in [1.165, 1.54) is 4.31 Å². The van der Waals surface area contributed by atoms with Crippen LogP contribution in [-0.4, -0.2) is 44.4 Å². The molecule has 0 unspecified atom stereocenters. The summed E-state index contributed by atoms with van der Waals surface area (Å²) in [5.74, 6) is -0.510. The number of primary amides is 1. The number of carbonyl (C=O) groups is 1. The van der Waals surface area contributed by atoms with Crippen molar-refractivity contribution >= 4 is 15.9 Å². The Morgan fingerprint density at radius 1 is 1.25 bits per heavy atom. The van der Waals surface area contributed by atoms with E-state index in [1.54, 1.807) is 30.3 Å². The average Bonchev–Trinajstić information content (AvgIpc) is 2.46. The van der Waals surface area contributed by atoms with E-state index in [2.05, 4.69) is 0 Å². The normalized spacial score (nSPS) is 18.0. The summed E-state index contributed by atoms with van der Waals surface area (Å²) < 4.78 is 31.5. The minimum absolute atomic E-state index is 0.107. The fourth-order valence-electron chi connectivity index (χ4n) is 2.18. The Labute approximate surface area is 118 Å². The summed E-state index contributed by atoms with van der Waals surface area (Å²) >= 11 is 0. The Hall–Kier alpha value is -1.44. The molecule has 2 N–H and O–H groups in total. The van der Waals surface area contributed by atoms with Crippen molar-refractivity contribution < 1.29 is 17.9 Å². The summed E-state index contributed by atoms with van der Waals surface area (Å²) in [6.07, 6.45) is 1.03. The number of ether oxygens (including phenoxy) is 1. The number of benzene rings is 1. The molecule has 1 aromatic rings. The molecule has 6 nitrogen and oxygen atoms in total. The van der Waals surface area contributed by atoms with Gasteiger partial charge in [0.05, 0.1) is 11.0 Å². The Bertz CT molecular complexity index is 551. The molecule has 1 heterocycles. The number of carbonyl (C=O) groups excluding carboxylic acids is 1. The summed E-state index contributed by atoms with van der Waals surface area (Å²) in [4.78, 5) is 10.9. The Balaban J connectivity index is 1.95. The van der Waals surface area contributed by atoms with Crippen LogP contribution in [-0.2, 0) is 19.6 Å². The molecule has 0 aliphatic carbocycles. The zero-order valence-electron chi connectivity index (χ0n) is 11.1. The first-order valence-corrected chi connectivity index (χ1v) is 7.89. The molecule has 0 spiro atoms. The van der Waals surface area contributed by atoms with E-state index in [0.29, 0.717) is 30.8 Å². The van der Waals surface area contributed by atoms with Gasteiger partial charge in [-0.25, -0.2) is 8.42 Å². The lowest BCUT2D eigenvalue weighted by atomic mass is 10.1.